The fourth-order valence-electron chi connectivity index (χ4n) is 4.64. The van der Waals surface area contributed by atoms with Crippen LogP contribution in [0, 0.1) is 6.92 Å². The number of carbonyl (C=O) groups excluding carboxylic acids is 3. The zero-order chi connectivity index (χ0) is 23.0. The minimum absolute atomic E-state index is 0.0765. The van der Waals surface area contributed by atoms with Gasteiger partial charge in [-0.25, -0.2) is 9.78 Å². The molecule has 2 aliphatic rings. The van der Waals surface area contributed by atoms with Crippen LogP contribution in [-0.2, 0) is 16.1 Å². The van der Waals surface area contributed by atoms with Crippen molar-refractivity contribution in [2.75, 3.05) is 19.1 Å². The largest absolute Gasteiger partial charge is 0.495 e. The van der Waals surface area contributed by atoms with E-state index in [1.165, 1.54) is 25.4 Å². The third-order valence-corrected chi connectivity index (χ3v) is 6.35. The van der Waals surface area contributed by atoms with Gasteiger partial charge in [0.15, 0.2) is 5.69 Å². The van der Waals surface area contributed by atoms with Crippen LogP contribution in [-0.4, -0.2) is 53.1 Å². The maximum Gasteiger partial charge on any atom is 0.359 e. The Kier molecular flexibility index (Phi) is 5.66. The van der Waals surface area contributed by atoms with E-state index < -0.39 is 17.4 Å². The second-order valence-electron chi connectivity index (χ2n) is 8.61. The lowest BCUT2D eigenvalue weighted by Crippen LogP contribution is -2.65. The number of amides is 2. The number of methoxy groups -OCH3 is 2. The summed E-state index contributed by atoms with van der Waals surface area (Å²) in [4.78, 5) is 45.3. The Bertz CT molecular complexity index is 1070. The molecule has 170 valence electrons. The van der Waals surface area contributed by atoms with Gasteiger partial charge in [-0.2, -0.15) is 0 Å². The SMILES string of the molecule is COC(=O)c1ncn2c1C(=O)N(c1cc(C)ccc1OC)C(C)(C(=O)NC1CCCC1)C2. The van der Waals surface area contributed by atoms with E-state index in [1.54, 1.807) is 17.6 Å². The Hall–Kier alpha value is -3.36. The highest BCUT2D eigenvalue weighted by Crippen LogP contribution is 2.39. The summed E-state index contributed by atoms with van der Waals surface area (Å²) in [5.41, 5.74) is 0.116. The van der Waals surface area contributed by atoms with Gasteiger partial charge in [-0.3, -0.25) is 14.5 Å². The van der Waals surface area contributed by atoms with Crippen molar-refractivity contribution in [2.45, 2.75) is 57.7 Å². The highest BCUT2D eigenvalue weighted by atomic mass is 16.5. The number of ether oxygens (including phenoxy) is 2. The predicted octanol–water partition coefficient (Wildman–Crippen LogP) is 2.46. The molecule has 0 bridgehead atoms. The number of aromatic nitrogens is 2. The lowest BCUT2D eigenvalue weighted by atomic mass is 9.92. The molecule has 4 rings (SSSR count). The highest BCUT2D eigenvalue weighted by Gasteiger charge is 2.51. The summed E-state index contributed by atoms with van der Waals surface area (Å²) in [6.07, 6.45) is 5.40. The number of imidazole rings is 1. The Balaban J connectivity index is 1.86. The number of esters is 1. The van der Waals surface area contributed by atoms with Crippen molar-refractivity contribution in [3.8, 4) is 5.75 Å². The first kappa shape index (κ1) is 21.9. The molecule has 1 aliphatic carbocycles. The van der Waals surface area contributed by atoms with E-state index in [0.717, 1.165) is 31.2 Å². The van der Waals surface area contributed by atoms with Gasteiger partial charge in [0.1, 0.15) is 17.0 Å². The van der Waals surface area contributed by atoms with Crippen molar-refractivity contribution in [3.63, 3.8) is 0 Å². The second kappa shape index (κ2) is 8.29. The number of nitrogens with zero attached hydrogens (tertiary/aromatic N) is 3. The summed E-state index contributed by atoms with van der Waals surface area (Å²) in [5.74, 6) is -1.01. The van der Waals surface area contributed by atoms with Crippen molar-refractivity contribution < 1.29 is 23.9 Å². The monoisotopic (exact) mass is 440 g/mol. The van der Waals surface area contributed by atoms with Crippen LogP contribution >= 0.6 is 0 Å². The standard InChI is InChI=1S/C23H28N4O5/c1-14-9-10-17(31-3)16(11-14)27-20(28)19-18(21(29)32-4)24-13-26(19)12-23(27,2)22(30)25-15-7-5-6-8-15/h9-11,13,15H,5-8,12H2,1-4H3,(H,25,30). The minimum Gasteiger partial charge on any atom is -0.495 e. The van der Waals surface area contributed by atoms with Gasteiger partial charge < -0.3 is 19.4 Å². The highest BCUT2D eigenvalue weighted by molar-refractivity contribution is 6.15. The van der Waals surface area contributed by atoms with Crippen LogP contribution in [0.5, 0.6) is 5.75 Å². The molecule has 1 N–H and O–H groups in total. The van der Waals surface area contributed by atoms with Crippen molar-refractivity contribution in [3.05, 3.63) is 41.5 Å². The fourth-order valence-corrected chi connectivity index (χ4v) is 4.64. The average Bonchev–Trinajstić information content (AvgIpc) is 3.43. The summed E-state index contributed by atoms with van der Waals surface area (Å²) >= 11 is 0. The number of aryl methyl sites for hydroxylation is 1. The molecule has 2 amide bonds. The van der Waals surface area contributed by atoms with Crippen molar-refractivity contribution in [1.82, 2.24) is 14.9 Å². The van der Waals surface area contributed by atoms with Gasteiger partial charge in [-0.05, 0) is 44.4 Å². The number of fused-ring (bicyclic) bond motifs is 1. The Morgan fingerprint density at radius 1 is 1.22 bits per heavy atom. The summed E-state index contributed by atoms with van der Waals surface area (Å²) in [6.45, 7) is 3.77. The Labute approximate surface area is 186 Å². The summed E-state index contributed by atoms with van der Waals surface area (Å²) in [7, 11) is 2.75. The van der Waals surface area contributed by atoms with E-state index in [2.05, 4.69) is 10.3 Å². The molecule has 0 saturated heterocycles. The normalized spacial score (nSPS) is 20.8. The number of benzene rings is 1. The molecule has 1 fully saturated rings. The topological polar surface area (TPSA) is 103 Å². The van der Waals surface area contributed by atoms with Crippen molar-refractivity contribution in [1.29, 1.82) is 0 Å². The molecule has 0 spiro atoms. The van der Waals surface area contributed by atoms with Gasteiger partial charge in [0.25, 0.3) is 5.91 Å². The zero-order valence-corrected chi connectivity index (χ0v) is 18.8. The van der Waals surface area contributed by atoms with Gasteiger partial charge in [0.2, 0.25) is 5.91 Å². The number of rotatable bonds is 5. The zero-order valence-electron chi connectivity index (χ0n) is 18.8. The van der Waals surface area contributed by atoms with Crippen LogP contribution in [0.1, 0.15) is 59.1 Å². The summed E-state index contributed by atoms with van der Waals surface area (Å²) in [6, 6.07) is 5.53. The fraction of sp³-hybridized carbons (Fsp3) is 0.478. The molecule has 2 aromatic rings. The van der Waals surface area contributed by atoms with E-state index in [-0.39, 0.29) is 29.9 Å². The molecule has 1 saturated carbocycles. The van der Waals surface area contributed by atoms with Crippen molar-refractivity contribution in [2.24, 2.45) is 0 Å². The van der Waals surface area contributed by atoms with Gasteiger partial charge in [0, 0.05) is 6.04 Å². The van der Waals surface area contributed by atoms with Crippen LogP contribution in [0.25, 0.3) is 0 Å². The first-order valence-corrected chi connectivity index (χ1v) is 10.7. The predicted molar refractivity (Wildman–Crippen MR) is 117 cm³/mol. The number of anilines is 1. The number of hydrogen-bond donors (Lipinski definition) is 1. The molecular weight excluding hydrogens is 412 g/mol. The Morgan fingerprint density at radius 2 is 1.94 bits per heavy atom. The quantitative estimate of drug-likeness (QED) is 0.717. The van der Waals surface area contributed by atoms with Gasteiger partial charge in [-0.15, -0.1) is 0 Å². The molecule has 9 heteroatoms. The number of carbonyl (C=O) groups is 3. The molecule has 32 heavy (non-hydrogen) atoms. The molecule has 0 radical (unpaired) electrons. The third-order valence-electron chi connectivity index (χ3n) is 6.35. The van der Waals surface area contributed by atoms with Crippen LogP contribution in [0.2, 0.25) is 0 Å². The van der Waals surface area contributed by atoms with E-state index in [0.29, 0.717) is 11.4 Å². The molecule has 1 aliphatic heterocycles. The van der Waals surface area contributed by atoms with Crippen molar-refractivity contribution >= 4 is 23.5 Å². The molecule has 1 aromatic heterocycles. The molecule has 2 heterocycles. The lowest BCUT2D eigenvalue weighted by Gasteiger charge is -2.44. The molecule has 1 unspecified atom stereocenters. The average molecular weight is 441 g/mol. The van der Waals surface area contributed by atoms with E-state index in [1.807, 2.05) is 19.1 Å². The van der Waals surface area contributed by atoms with Crippen LogP contribution in [0.15, 0.2) is 24.5 Å². The maximum absolute atomic E-state index is 13.9. The van der Waals surface area contributed by atoms with E-state index >= 15 is 0 Å². The summed E-state index contributed by atoms with van der Waals surface area (Å²) < 4.78 is 11.9. The second-order valence-corrected chi connectivity index (χ2v) is 8.61. The van der Waals surface area contributed by atoms with E-state index in [4.69, 9.17) is 9.47 Å². The van der Waals surface area contributed by atoms with Gasteiger partial charge in [-0.1, -0.05) is 18.9 Å². The first-order chi connectivity index (χ1) is 15.3. The first-order valence-electron chi connectivity index (χ1n) is 10.7. The summed E-state index contributed by atoms with van der Waals surface area (Å²) in [5, 5.41) is 3.13. The number of nitrogens with one attached hydrogen (secondary N) is 1. The smallest absolute Gasteiger partial charge is 0.359 e. The minimum atomic E-state index is -1.26. The molecular formula is C23H28N4O5. The lowest BCUT2D eigenvalue weighted by molar-refractivity contribution is -0.127. The third kappa shape index (κ3) is 3.51. The van der Waals surface area contributed by atoms with Crippen LogP contribution < -0.4 is 15.0 Å². The number of hydrogen-bond acceptors (Lipinski definition) is 6. The molecule has 9 nitrogen and oxygen atoms in total. The van der Waals surface area contributed by atoms with Crippen LogP contribution in [0.4, 0.5) is 5.69 Å². The molecule has 1 atom stereocenters. The maximum atomic E-state index is 13.9. The van der Waals surface area contributed by atoms with Gasteiger partial charge >= 0.3 is 5.97 Å². The van der Waals surface area contributed by atoms with E-state index in [9.17, 15) is 14.4 Å². The van der Waals surface area contributed by atoms with Gasteiger partial charge in [0.05, 0.1) is 32.8 Å². The Morgan fingerprint density at radius 3 is 2.59 bits per heavy atom. The molecule has 1 aromatic carbocycles. The van der Waals surface area contributed by atoms with Crippen LogP contribution in [0.3, 0.4) is 0 Å².